The first-order valence-electron chi connectivity index (χ1n) is 10.6. The molecule has 1 saturated heterocycles. The first-order chi connectivity index (χ1) is 15.0. The average Bonchev–Trinajstić information content (AvgIpc) is 3.43. The quantitative estimate of drug-likeness (QED) is 0.550. The molecule has 3 aliphatic rings. The number of nitrogens with one attached hydrogen (secondary N) is 1. The van der Waals surface area contributed by atoms with Crippen LogP contribution in [0.15, 0.2) is 52.0 Å². The van der Waals surface area contributed by atoms with Gasteiger partial charge in [-0.3, -0.25) is 15.2 Å². The van der Waals surface area contributed by atoms with E-state index in [4.69, 9.17) is 28.3 Å². The molecule has 2 fully saturated rings. The van der Waals surface area contributed by atoms with Gasteiger partial charge in [-0.25, -0.2) is 5.01 Å². The molecule has 1 saturated carbocycles. The zero-order valence-corrected chi connectivity index (χ0v) is 20.0. The fraction of sp³-hybridized carbons (Fsp3) is 0.391. The van der Waals surface area contributed by atoms with Gasteiger partial charge in [-0.2, -0.15) is 5.10 Å². The normalized spacial score (nSPS) is 25.6. The first kappa shape index (κ1) is 21.3. The summed E-state index contributed by atoms with van der Waals surface area (Å²) in [6.07, 6.45) is 4.36. The van der Waals surface area contributed by atoms with Gasteiger partial charge in [-0.1, -0.05) is 57.7 Å². The summed E-state index contributed by atoms with van der Waals surface area (Å²) >= 11 is 16.1. The van der Waals surface area contributed by atoms with Crippen molar-refractivity contribution < 1.29 is 4.79 Å². The van der Waals surface area contributed by atoms with Gasteiger partial charge in [0.2, 0.25) is 0 Å². The van der Waals surface area contributed by atoms with Crippen molar-refractivity contribution in [1.82, 2.24) is 10.4 Å². The lowest BCUT2D eigenvalue weighted by Gasteiger charge is -2.25. The number of carbonyl (C=O) groups is 1. The van der Waals surface area contributed by atoms with Crippen LogP contribution in [0.3, 0.4) is 0 Å². The first-order valence-corrected chi connectivity index (χ1v) is 12.2. The molecule has 5 nitrogen and oxygen atoms in total. The minimum Gasteiger partial charge on any atom is -0.284 e. The second-order valence-electron chi connectivity index (χ2n) is 8.56. The van der Waals surface area contributed by atoms with Crippen LogP contribution in [-0.2, 0) is 4.79 Å². The highest BCUT2D eigenvalue weighted by Crippen LogP contribution is 2.40. The molecule has 0 spiro atoms. The van der Waals surface area contributed by atoms with Crippen LogP contribution in [0.1, 0.15) is 37.3 Å². The van der Waals surface area contributed by atoms with E-state index >= 15 is 0 Å². The number of hydrazine groups is 1. The fourth-order valence-electron chi connectivity index (χ4n) is 5.02. The van der Waals surface area contributed by atoms with Gasteiger partial charge in [0.25, 0.3) is 5.91 Å². The lowest BCUT2D eigenvalue weighted by Crippen LogP contribution is -2.44. The second-order valence-corrected chi connectivity index (χ2v) is 10.3. The fourth-order valence-corrected chi connectivity index (χ4v) is 5.77. The molecule has 0 radical (unpaired) electrons. The van der Waals surface area contributed by atoms with E-state index in [1.165, 1.54) is 19.3 Å². The van der Waals surface area contributed by atoms with E-state index in [1.807, 2.05) is 35.3 Å². The predicted octanol–water partition coefficient (Wildman–Crippen LogP) is 5.83. The SMILES string of the molecule is O=C(NN1CC2CCCC2C1)C1=NN(c2ccc(Cl)cc2Cl)[C@@H](c2ccc(Br)cc2)C1. The molecule has 8 heteroatoms. The van der Waals surface area contributed by atoms with E-state index in [1.54, 1.807) is 12.1 Å². The van der Waals surface area contributed by atoms with Crippen molar-refractivity contribution in [2.75, 3.05) is 18.1 Å². The number of hydrogen-bond acceptors (Lipinski definition) is 4. The zero-order valence-electron chi connectivity index (χ0n) is 16.9. The Balaban J connectivity index is 1.39. The van der Waals surface area contributed by atoms with Crippen molar-refractivity contribution in [1.29, 1.82) is 0 Å². The van der Waals surface area contributed by atoms with Crippen LogP contribution in [-0.4, -0.2) is 29.7 Å². The highest BCUT2D eigenvalue weighted by molar-refractivity contribution is 9.10. The van der Waals surface area contributed by atoms with Gasteiger partial charge in [0.05, 0.1) is 16.8 Å². The maximum Gasteiger partial charge on any atom is 0.281 e. The van der Waals surface area contributed by atoms with Gasteiger partial charge in [0.1, 0.15) is 5.71 Å². The minimum atomic E-state index is -0.130. The number of fused-ring (bicyclic) bond motifs is 1. The number of amides is 1. The molecule has 0 bridgehead atoms. The van der Waals surface area contributed by atoms with Gasteiger partial charge in [-0.15, -0.1) is 0 Å². The van der Waals surface area contributed by atoms with Crippen molar-refractivity contribution >= 4 is 56.4 Å². The van der Waals surface area contributed by atoms with Crippen LogP contribution in [0.2, 0.25) is 10.0 Å². The Morgan fingerprint density at radius 2 is 1.77 bits per heavy atom. The van der Waals surface area contributed by atoms with Crippen LogP contribution >= 0.6 is 39.1 Å². The van der Waals surface area contributed by atoms with Crippen LogP contribution in [0.4, 0.5) is 5.69 Å². The maximum absolute atomic E-state index is 13.1. The molecule has 5 rings (SSSR count). The van der Waals surface area contributed by atoms with Crippen molar-refractivity contribution in [3.8, 4) is 0 Å². The highest BCUT2D eigenvalue weighted by Gasteiger charge is 2.38. The molecule has 2 aromatic rings. The summed E-state index contributed by atoms with van der Waals surface area (Å²) in [5.74, 6) is 1.30. The van der Waals surface area contributed by atoms with Gasteiger partial charge in [-0.05, 0) is 60.6 Å². The predicted molar refractivity (Wildman–Crippen MR) is 128 cm³/mol. The number of carbonyl (C=O) groups excluding carboxylic acids is 1. The van der Waals surface area contributed by atoms with E-state index in [9.17, 15) is 4.79 Å². The summed E-state index contributed by atoms with van der Waals surface area (Å²) in [6, 6.07) is 13.3. The summed E-state index contributed by atoms with van der Waals surface area (Å²) < 4.78 is 1.00. The number of hydrazone groups is 1. The smallest absolute Gasteiger partial charge is 0.281 e. The average molecular weight is 522 g/mol. The number of benzene rings is 2. The van der Waals surface area contributed by atoms with Gasteiger partial charge in [0.15, 0.2) is 0 Å². The van der Waals surface area contributed by atoms with Crippen molar-refractivity contribution in [2.24, 2.45) is 16.9 Å². The molecule has 0 aromatic heterocycles. The molecule has 31 heavy (non-hydrogen) atoms. The summed E-state index contributed by atoms with van der Waals surface area (Å²) in [7, 11) is 0. The third-order valence-electron chi connectivity index (χ3n) is 6.57. The van der Waals surface area contributed by atoms with Crippen LogP contribution in [0.5, 0.6) is 0 Å². The van der Waals surface area contributed by atoms with Crippen LogP contribution in [0, 0.1) is 11.8 Å². The minimum absolute atomic E-state index is 0.120. The zero-order chi connectivity index (χ0) is 21.5. The molecule has 162 valence electrons. The molecule has 1 aliphatic carbocycles. The lowest BCUT2D eigenvalue weighted by atomic mass is 10.0. The van der Waals surface area contributed by atoms with E-state index in [-0.39, 0.29) is 11.9 Å². The summed E-state index contributed by atoms with van der Waals surface area (Å²) in [5, 5.41) is 9.70. The van der Waals surface area contributed by atoms with E-state index < -0.39 is 0 Å². The standard InChI is InChI=1S/C23H23BrCl2N4O/c24-17-6-4-14(5-7-17)22-11-20(27-30(22)21-9-8-18(25)10-19(21)26)23(31)28-29-12-15-2-1-3-16(15)13-29/h4-10,15-16,22H,1-3,11-13H2,(H,28,31)/t15?,16?,22-/m1/s1. The van der Waals surface area contributed by atoms with Crippen molar-refractivity contribution in [3.05, 3.63) is 62.5 Å². The van der Waals surface area contributed by atoms with Gasteiger partial charge >= 0.3 is 0 Å². The van der Waals surface area contributed by atoms with E-state index in [0.29, 0.717) is 34.0 Å². The van der Waals surface area contributed by atoms with Gasteiger partial charge < -0.3 is 0 Å². The number of rotatable bonds is 4. The van der Waals surface area contributed by atoms with Crippen LogP contribution in [0.25, 0.3) is 0 Å². The third-order valence-corrected chi connectivity index (χ3v) is 7.64. The topological polar surface area (TPSA) is 47.9 Å². The molecule has 2 heterocycles. The Labute approximate surface area is 200 Å². The highest BCUT2D eigenvalue weighted by atomic mass is 79.9. The Bertz CT molecular complexity index is 1020. The largest absolute Gasteiger partial charge is 0.284 e. The summed E-state index contributed by atoms with van der Waals surface area (Å²) in [5.41, 5.74) is 5.41. The van der Waals surface area contributed by atoms with Crippen molar-refractivity contribution in [2.45, 2.75) is 31.7 Å². The number of nitrogens with zero attached hydrogens (tertiary/aromatic N) is 3. The van der Waals surface area contributed by atoms with Crippen molar-refractivity contribution in [3.63, 3.8) is 0 Å². The molecular weight excluding hydrogens is 499 g/mol. The molecule has 2 aromatic carbocycles. The molecule has 1 amide bonds. The summed E-state index contributed by atoms with van der Waals surface area (Å²) in [6.45, 7) is 1.87. The van der Waals surface area contributed by atoms with E-state index in [2.05, 4.69) is 26.4 Å². The molecule has 1 N–H and O–H groups in total. The van der Waals surface area contributed by atoms with Gasteiger partial charge in [0, 0.05) is 29.0 Å². The monoisotopic (exact) mass is 520 g/mol. The number of halogens is 3. The van der Waals surface area contributed by atoms with E-state index in [0.717, 1.165) is 28.8 Å². The molecule has 3 atom stereocenters. The second kappa shape index (κ2) is 8.74. The Morgan fingerprint density at radius 3 is 2.45 bits per heavy atom. The maximum atomic E-state index is 13.1. The lowest BCUT2D eigenvalue weighted by molar-refractivity contribution is -0.119. The number of anilines is 1. The summed E-state index contributed by atoms with van der Waals surface area (Å²) in [4.78, 5) is 13.1. The Kier molecular flexibility index (Phi) is 5.99. The Morgan fingerprint density at radius 1 is 1.06 bits per heavy atom. The Hall–Kier alpha value is -1.60. The third kappa shape index (κ3) is 4.36. The number of hydrogen-bond donors (Lipinski definition) is 1. The van der Waals surface area contributed by atoms with Crippen LogP contribution < -0.4 is 10.4 Å². The molecule has 2 aliphatic heterocycles. The molecule has 2 unspecified atom stereocenters. The molecular formula is C23H23BrCl2N4O.